The molecule has 0 radical (unpaired) electrons. The Morgan fingerprint density at radius 2 is 1.85 bits per heavy atom. The Bertz CT molecular complexity index is 1450. The zero-order valence-electron chi connectivity index (χ0n) is 18.1. The number of ether oxygens (including phenoxy) is 1. The Labute approximate surface area is 195 Å². The molecule has 6 nitrogen and oxygen atoms in total. The van der Waals surface area contributed by atoms with Gasteiger partial charge in [0, 0.05) is 46.1 Å². The fraction of sp³-hybridized carbons (Fsp3) is 0.115. The second-order valence-corrected chi connectivity index (χ2v) is 8.09. The molecule has 3 heterocycles. The number of halogens is 1. The van der Waals surface area contributed by atoms with Gasteiger partial charge in [0.2, 0.25) is 5.78 Å². The Kier molecular flexibility index (Phi) is 5.44. The molecule has 5 aromatic rings. The molecule has 5 rings (SSSR count). The van der Waals surface area contributed by atoms with E-state index in [-0.39, 0.29) is 11.7 Å². The van der Waals surface area contributed by atoms with E-state index in [1.165, 1.54) is 0 Å². The molecule has 3 aromatic heterocycles. The minimum Gasteiger partial charge on any atom is -0.497 e. The summed E-state index contributed by atoms with van der Waals surface area (Å²) in [7, 11) is 1.61. The van der Waals surface area contributed by atoms with Gasteiger partial charge in [0.15, 0.2) is 5.76 Å². The maximum absolute atomic E-state index is 13.6. The van der Waals surface area contributed by atoms with Crippen LogP contribution in [0.15, 0.2) is 77.6 Å². The van der Waals surface area contributed by atoms with Crippen molar-refractivity contribution in [1.82, 2.24) is 14.5 Å². The lowest BCUT2D eigenvalue weighted by atomic mass is 10.1. The Morgan fingerprint density at radius 3 is 2.58 bits per heavy atom. The van der Waals surface area contributed by atoms with Crippen LogP contribution in [0.3, 0.4) is 0 Å². The molecule has 0 amide bonds. The third-order valence-corrected chi connectivity index (χ3v) is 5.93. The number of oxazole rings is 1. The fourth-order valence-electron chi connectivity index (χ4n) is 3.99. The first kappa shape index (κ1) is 21.0. The van der Waals surface area contributed by atoms with Gasteiger partial charge in [-0.1, -0.05) is 23.7 Å². The predicted molar refractivity (Wildman–Crippen MR) is 127 cm³/mol. The van der Waals surface area contributed by atoms with Crippen LogP contribution in [0.4, 0.5) is 0 Å². The number of carbonyl (C=O) groups is 1. The Balaban J connectivity index is 1.61. The zero-order valence-corrected chi connectivity index (χ0v) is 18.8. The van der Waals surface area contributed by atoms with Crippen LogP contribution >= 0.6 is 11.6 Å². The lowest BCUT2D eigenvalue weighted by Crippen LogP contribution is -2.06. The number of aromatic nitrogens is 3. The van der Waals surface area contributed by atoms with E-state index in [4.69, 9.17) is 20.8 Å². The van der Waals surface area contributed by atoms with E-state index in [0.29, 0.717) is 28.6 Å². The highest BCUT2D eigenvalue weighted by Gasteiger charge is 2.25. The lowest BCUT2D eigenvalue weighted by molar-refractivity contribution is 0.100. The highest BCUT2D eigenvalue weighted by molar-refractivity contribution is 6.30. The summed E-state index contributed by atoms with van der Waals surface area (Å²) in [5.41, 5.74) is 4.17. The van der Waals surface area contributed by atoms with Gasteiger partial charge in [-0.15, -0.1) is 0 Å². The zero-order chi connectivity index (χ0) is 22.9. The average Bonchev–Trinajstić information content (AvgIpc) is 3.44. The second kappa shape index (κ2) is 8.56. The fourth-order valence-corrected chi connectivity index (χ4v) is 4.11. The first-order valence-corrected chi connectivity index (χ1v) is 10.7. The molecule has 0 saturated carbocycles. The molecule has 2 aromatic carbocycles. The minimum atomic E-state index is -0.277. The van der Waals surface area contributed by atoms with Gasteiger partial charge in [-0.3, -0.25) is 9.78 Å². The van der Waals surface area contributed by atoms with Crippen LogP contribution in [0.2, 0.25) is 5.02 Å². The van der Waals surface area contributed by atoms with E-state index in [9.17, 15) is 4.79 Å². The molecule has 0 saturated heterocycles. The van der Waals surface area contributed by atoms with Crippen molar-refractivity contribution >= 4 is 28.3 Å². The van der Waals surface area contributed by atoms with Crippen LogP contribution in [-0.2, 0) is 6.54 Å². The van der Waals surface area contributed by atoms with Crippen molar-refractivity contribution in [2.45, 2.75) is 13.5 Å². The molecule has 0 aliphatic carbocycles. The van der Waals surface area contributed by atoms with Gasteiger partial charge in [-0.05, 0) is 55.0 Å². The summed E-state index contributed by atoms with van der Waals surface area (Å²) in [6.45, 7) is 2.52. The van der Waals surface area contributed by atoms with E-state index < -0.39 is 0 Å². The summed E-state index contributed by atoms with van der Waals surface area (Å²) >= 11 is 6.05. The van der Waals surface area contributed by atoms with Crippen molar-refractivity contribution < 1.29 is 13.9 Å². The number of benzene rings is 2. The van der Waals surface area contributed by atoms with Gasteiger partial charge in [0.05, 0.1) is 18.9 Å². The van der Waals surface area contributed by atoms with E-state index in [0.717, 1.165) is 27.7 Å². The summed E-state index contributed by atoms with van der Waals surface area (Å²) in [6.07, 6.45) is 4.89. The van der Waals surface area contributed by atoms with Crippen LogP contribution in [-0.4, -0.2) is 27.4 Å². The normalized spacial score (nSPS) is 11.1. The number of rotatable bonds is 6. The Morgan fingerprint density at radius 1 is 1.09 bits per heavy atom. The van der Waals surface area contributed by atoms with Gasteiger partial charge >= 0.3 is 0 Å². The molecular weight excluding hydrogens is 438 g/mol. The van der Waals surface area contributed by atoms with E-state index in [2.05, 4.69) is 14.5 Å². The highest BCUT2D eigenvalue weighted by Crippen LogP contribution is 2.32. The number of hydrogen-bond acceptors (Lipinski definition) is 5. The number of nitrogens with zero attached hydrogens (tertiary/aromatic N) is 3. The van der Waals surface area contributed by atoms with Crippen LogP contribution in [0.5, 0.6) is 5.75 Å². The third-order valence-electron chi connectivity index (χ3n) is 5.68. The maximum atomic E-state index is 13.6. The SMILES string of the molecule is COc1ccc2c(c1)c(C(=O)c1ncc(-c3ccncc3)o1)c(C)n2Cc1ccc(Cl)cc1. The largest absolute Gasteiger partial charge is 0.497 e. The summed E-state index contributed by atoms with van der Waals surface area (Å²) < 4.78 is 13.4. The molecule has 0 spiro atoms. The highest BCUT2D eigenvalue weighted by atomic mass is 35.5. The molecule has 7 heteroatoms. The van der Waals surface area contributed by atoms with Crippen LogP contribution in [0.1, 0.15) is 27.5 Å². The number of fused-ring (bicyclic) bond motifs is 1. The number of hydrogen-bond donors (Lipinski definition) is 0. The summed E-state index contributed by atoms with van der Waals surface area (Å²) in [5, 5.41) is 1.47. The van der Waals surface area contributed by atoms with Crippen LogP contribution < -0.4 is 4.74 Å². The molecule has 0 fully saturated rings. The Hall–Kier alpha value is -3.90. The van der Waals surface area contributed by atoms with Crippen molar-refractivity contribution in [3.05, 3.63) is 101 Å². The van der Waals surface area contributed by atoms with Crippen LogP contribution in [0.25, 0.3) is 22.2 Å². The van der Waals surface area contributed by atoms with Crippen molar-refractivity contribution in [3.8, 4) is 17.1 Å². The monoisotopic (exact) mass is 457 g/mol. The average molecular weight is 458 g/mol. The molecule has 0 bridgehead atoms. The van der Waals surface area contributed by atoms with Gasteiger partial charge in [-0.25, -0.2) is 4.98 Å². The number of carbonyl (C=O) groups excluding carboxylic acids is 1. The quantitative estimate of drug-likeness (QED) is 0.295. The first-order valence-electron chi connectivity index (χ1n) is 10.4. The second-order valence-electron chi connectivity index (χ2n) is 7.65. The van der Waals surface area contributed by atoms with Crippen molar-refractivity contribution in [2.75, 3.05) is 7.11 Å². The van der Waals surface area contributed by atoms with Gasteiger partial charge in [0.25, 0.3) is 5.89 Å². The van der Waals surface area contributed by atoms with Gasteiger partial charge < -0.3 is 13.7 Å². The minimum absolute atomic E-state index is 0.0401. The van der Waals surface area contributed by atoms with E-state index >= 15 is 0 Å². The van der Waals surface area contributed by atoms with Crippen molar-refractivity contribution in [1.29, 1.82) is 0 Å². The number of ketones is 1. The smallest absolute Gasteiger partial charge is 0.268 e. The molecule has 164 valence electrons. The third kappa shape index (κ3) is 3.90. The van der Waals surface area contributed by atoms with Crippen molar-refractivity contribution in [3.63, 3.8) is 0 Å². The standard InChI is InChI=1S/C26H20ClN3O3/c1-16-24(25(31)26-29-14-23(33-26)18-9-11-28-12-10-18)21-13-20(32-2)7-8-22(21)30(16)15-17-3-5-19(27)6-4-17/h3-14H,15H2,1-2H3. The molecule has 0 unspecified atom stereocenters. The summed E-state index contributed by atoms with van der Waals surface area (Å²) in [4.78, 5) is 21.9. The molecule has 0 N–H and O–H groups in total. The van der Waals surface area contributed by atoms with Gasteiger partial charge in [0.1, 0.15) is 5.75 Å². The number of pyridine rings is 1. The topological polar surface area (TPSA) is 70.2 Å². The predicted octanol–water partition coefficient (Wildman–Crippen LogP) is 5.94. The maximum Gasteiger partial charge on any atom is 0.268 e. The van der Waals surface area contributed by atoms with Crippen LogP contribution in [0, 0.1) is 6.92 Å². The molecule has 0 aliphatic rings. The summed E-state index contributed by atoms with van der Waals surface area (Å²) in [6, 6.07) is 17.0. The van der Waals surface area contributed by atoms with E-state index in [1.54, 1.807) is 25.7 Å². The van der Waals surface area contributed by atoms with E-state index in [1.807, 2.05) is 61.5 Å². The molecule has 33 heavy (non-hydrogen) atoms. The number of methoxy groups -OCH3 is 1. The summed E-state index contributed by atoms with van der Waals surface area (Å²) in [5.74, 6) is 0.949. The molecule has 0 aliphatic heterocycles. The molecular formula is C26H20ClN3O3. The lowest BCUT2D eigenvalue weighted by Gasteiger charge is -2.09. The first-order chi connectivity index (χ1) is 16.0. The van der Waals surface area contributed by atoms with Gasteiger partial charge in [-0.2, -0.15) is 0 Å². The van der Waals surface area contributed by atoms with Crippen molar-refractivity contribution in [2.24, 2.45) is 0 Å². The molecule has 0 atom stereocenters.